The van der Waals surface area contributed by atoms with Gasteiger partial charge in [0.05, 0.1) is 17.3 Å². The fourth-order valence-corrected chi connectivity index (χ4v) is 3.67. The van der Waals surface area contributed by atoms with Crippen LogP contribution in [0.25, 0.3) is 5.65 Å². The Morgan fingerprint density at radius 3 is 2.72 bits per heavy atom. The van der Waals surface area contributed by atoms with E-state index in [9.17, 15) is 9.59 Å². The fraction of sp³-hybridized carbons (Fsp3) is 0.208. The first-order valence-electron chi connectivity index (χ1n) is 10.2. The van der Waals surface area contributed by atoms with E-state index in [-0.39, 0.29) is 24.0 Å². The van der Waals surface area contributed by atoms with Crippen LogP contribution in [0.5, 0.6) is 5.75 Å². The Bertz CT molecular complexity index is 1310. The Balaban J connectivity index is 1.54. The Kier molecular flexibility index (Phi) is 6.28. The third kappa shape index (κ3) is 4.68. The summed E-state index contributed by atoms with van der Waals surface area (Å²) in [5.41, 5.74) is 1.91. The molecule has 4 rings (SSSR count). The number of ether oxygens (including phenoxy) is 1. The number of rotatable bonds is 7. The lowest BCUT2D eigenvalue weighted by Gasteiger charge is -2.18. The molecule has 2 aromatic carbocycles. The standard InChI is InChI=1S/C24H22ClN3O4/c1-3-19(16-7-5-4-6-8-16)24(30)27-20-12-17(25)9-10-21(20)31-14-18-13-23(29)28-22(26-18)11-15(2)32-28/h4-13,19H,3,14H2,1-2H3,(H,27,30). The number of halogens is 1. The van der Waals surface area contributed by atoms with Crippen LogP contribution in [-0.4, -0.2) is 15.5 Å². The minimum Gasteiger partial charge on any atom is -0.485 e. The van der Waals surface area contributed by atoms with Gasteiger partial charge in [0.2, 0.25) is 5.91 Å². The predicted molar refractivity (Wildman–Crippen MR) is 122 cm³/mol. The second-order valence-corrected chi connectivity index (χ2v) is 7.81. The maximum atomic E-state index is 13.0. The molecule has 0 radical (unpaired) electrons. The van der Waals surface area contributed by atoms with Crippen LogP contribution in [0.15, 0.2) is 70.0 Å². The van der Waals surface area contributed by atoms with Crippen molar-refractivity contribution in [1.82, 2.24) is 9.56 Å². The van der Waals surface area contributed by atoms with Gasteiger partial charge in [0.25, 0.3) is 5.56 Å². The number of nitrogens with zero attached hydrogens (tertiary/aromatic N) is 2. The van der Waals surface area contributed by atoms with E-state index in [1.54, 1.807) is 31.2 Å². The van der Waals surface area contributed by atoms with E-state index in [4.69, 9.17) is 20.9 Å². The Morgan fingerprint density at radius 2 is 1.97 bits per heavy atom. The summed E-state index contributed by atoms with van der Waals surface area (Å²) in [4.78, 5) is 29.6. The first-order valence-corrected chi connectivity index (χ1v) is 10.6. The van der Waals surface area contributed by atoms with Crippen LogP contribution in [-0.2, 0) is 11.4 Å². The van der Waals surface area contributed by atoms with Crippen LogP contribution in [0.3, 0.4) is 0 Å². The quantitative estimate of drug-likeness (QED) is 0.429. The molecule has 0 aliphatic carbocycles. The summed E-state index contributed by atoms with van der Waals surface area (Å²) >= 11 is 6.16. The number of nitrogens with one attached hydrogen (secondary N) is 1. The molecule has 7 nitrogen and oxygen atoms in total. The first kappa shape index (κ1) is 21.6. The number of benzene rings is 2. The molecule has 32 heavy (non-hydrogen) atoms. The molecule has 1 atom stereocenters. The zero-order valence-corrected chi connectivity index (χ0v) is 18.4. The molecule has 8 heteroatoms. The number of amides is 1. The number of fused-ring (bicyclic) bond motifs is 1. The van der Waals surface area contributed by atoms with Crippen LogP contribution < -0.4 is 15.6 Å². The van der Waals surface area contributed by atoms with E-state index in [0.717, 1.165) is 10.1 Å². The number of aryl methyl sites for hydroxylation is 1. The number of hydrogen-bond acceptors (Lipinski definition) is 5. The highest BCUT2D eigenvalue weighted by Gasteiger charge is 2.20. The summed E-state index contributed by atoms with van der Waals surface area (Å²) in [6.45, 7) is 3.74. The van der Waals surface area contributed by atoms with E-state index < -0.39 is 0 Å². The third-order valence-electron chi connectivity index (χ3n) is 5.03. The second kappa shape index (κ2) is 9.28. The van der Waals surface area contributed by atoms with Gasteiger partial charge in [-0.05, 0) is 37.1 Å². The molecular formula is C24H22ClN3O4. The van der Waals surface area contributed by atoms with Crippen molar-refractivity contribution in [2.75, 3.05) is 5.32 Å². The van der Waals surface area contributed by atoms with Crippen LogP contribution in [0.1, 0.15) is 36.3 Å². The van der Waals surface area contributed by atoms with Gasteiger partial charge in [-0.1, -0.05) is 48.9 Å². The van der Waals surface area contributed by atoms with Gasteiger partial charge in [-0.3, -0.25) is 9.59 Å². The molecular weight excluding hydrogens is 430 g/mol. The van der Waals surface area contributed by atoms with Crippen molar-refractivity contribution in [2.24, 2.45) is 0 Å². The number of hydrogen-bond donors (Lipinski definition) is 1. The molecule has 4 aromatic rings. The molecule has 0 saturated heterocycles. The minimum absolute atomic E-state index is 0.0381. The molecule has 0 fully saturated rings. The summed E-state index contributed by atoms with van der Waals surface area (Å²) in [6, 6.07) is 17.6. The summed E-state index contributed by atoms with van der Waals surface area (Å²) in [6.07, 6.45) is 0.643. The molecule has 164 valence electrons. The average molecular weight is 452 g/mol. The van der Waals surface area contributed by atoms with Crippen molar-refractivity contribution in [3.63, 3.8) is 0 Å². The van der Waals surface area contributed by atoms with E-state index in [0.29, 0.717) is 40.0 Å². The van der Waals surface area contributed by atoms with Crippen molar-refractivity contribution in [1.29, 1.82) is 0 Å². The highest BCUT2D eigenvalue weighted by atomic mass is 35.5. The highest BCUT2D eigenvalue weighted by molar-refractivity contribution is 6.31. The highest BCUT2D eigenvalue weighted by Crippen LogP contribution is 2.30. The van der Waals surface area contributed by atoms with Gasteiger partial charge in [-0.15, -0.1) is 4.57 Å². The molecule has 1 amide bonds. The summed E-state index contributed by atoms with van der Waals surface area (Å²) in [7, 11) is 0. The Morgan fingerprint density at radius 1 is 1.19 bits per heavy atom. The van der Waals surface area contributed by atoms with Crippen molar-refractivity contribution >= 4 is 28.8 Å². The number of carbonyl (C=O) groups is 1. The zero-order chi connectivity index (χ0) is 22.7. The Labute approximate surface area is 189 Å². The van der Waals surface area contributed by atoms with Crippen molar-refractivity contribution in [2.45, 2.75) is 32.8 Å². The third-order valence-corrected chi connectivity index (χ3v) is 5.26. The molecule has 1 N–H and O–H groups in total. The monoisotopic (exact) mass is 451 g/mol. The van der Waals surface area contributed by atoms with E-state index in [2.05, 4.69) is 10.3 Å². The van der Waals surface area contributed by atoms with Gasteiger partial charge in [-0.25, -0.2) is 4.98 Å². The van der Waals surface area contributed by atoms with Crippen molar-refractivity contribution in [3.8, 4) is 5.75 Å². The van der Waals surface area contributed by atoms with Crippen LogP contribution >= 0.6 is 11.6 Å². The lowest BCUT2D eigenvalue weighted by molar-refractivity contribution is -0.117. The predicted octanol–water partition coefficient (Wildman–Crippen LogP) is 4.96. The summed E-state index contributed by atoms with van der Waals surface area (Å²) < 4.78 is 12.3. The lowest BCUT2D eigenvalue weighted by Crippen LogP contribution is -2.21. The molecule has 0 spiro atoms. The summed E-state index contributed by atoms with van der Waals surface area (Å²) in [5, 5.41) is 3.40. The first-order chi connectivity index (χ1) is 15.4. The molecule has 1 unspecified atom stereocenters. The number of anilines is 1. The minimum atomic E-state index is -0.333. The van der Waals surface area contributed by atoms with E-state index >= 15 is 0 Å². The lowest BCUT2D eigenvalue weighted by atomic mass is 9.95. The molecule has 2 aromatic heterocycles. The molecule has 2 heterocycles. The van der Waals surface area contributed by atoms with Gasteiger partial charge in [0, 0.05) is 17.2 Å². The molecule has 0 saturated carbocycles. The van der Waals surface area contributed by atoms with Gasteiger partial charge >= 0.3 is 0 Å². The normalized spacial score (nSPS) is 12.0. The smallest absolute Gasteiger partial charge is 0.287 e. The van der Waals surface area contributed by atoms with Crippen LogP contribution in [0.4, 0.5) is 5.69 Å². The topological polar surface area (TPSA) is 85.8 Å². The largest absolute Gasteiger partial charge is 0.485 e. The number of carbonyl (C=O) groups excluding carboxylic acids is 1. The maximum absolute atomic E-state index is 13.0. The molecule has 0 aliphatic rings. The maximum Gasteiger partial charge on any atom is 0.287 e. The average Bonchev–Trinajstić information content (AvgIpc) is 3.15. The Hall–Kier alpha value is -3.58. The van der Waals surface area contributed by atoms with E-state index in [1.807, 2.05) is 37.3 Å². The van der Waals surface area contributed by atoms with Gasteiger partial charge < -0.3 is 14.6 Å². The number of aromatic nitrogens is 2. The van der Waals surface area contributed by atoms with Crippen LogP contribution in [0, 0.1) is 6.92 Å². The van der Waals surface area contributed by atoms with Crippen molar-refractivity contribution < 1.29 is 14.1 Å². The van der Waals surface area contributed by atoms with Gasteiger partial charge in [0.1, 0.15) is 18.1 Å². The van der Waals surface area contributed by atoms with Gasteiger partial charge in [-0.2, -0.15) is 0 Å². The molecule has 0 bridgehead atoms. The van der Waals surface area contributed by atoms with E-state index in [1.165, 1.54) is 6.07 Å². The SMILES string of the molecule is CCC(C(=O)Nc1cc(Cl)ccc1OCc1cc(=O)n2oc(C)cc2n1)c1ccccc1. The van der Waals surface area contributed by atoms with Crippen molar-refractivity contribution in [3.05, 3.63) is 93.1 Å². The van der Waals surface area contributed by atoms with Gasteiger partial charge in [0.15, 0.2) is 5.65 Å². The summed E-state index contributed by atoms with van der Waals surface area (Å²) in [5.74, 6) is 0.546. The zero-order valence-electron chi connectivity index (χ0n) is 17.7. The fourth-order valence-electron chi connectivity index (χ4n) is 3.50. The molecule has 0 aliphatic heterocycles. The van der Waals surface area contributed by atoms with Crippen LogP contribution in [0.2, 0.25) is 5.02 Å². The second-order valence-electron chi connectivity index (χ2n) is 7.37.